The highest BCUT2D eigenvalue weighted by atomic mass is 79.9. The molecule has 0 unspecified atom stereocenters. The van der Waals surface area contributed by atoms with Crippen molar-refractivity contribution in [1.82, 2.24) is 9.66 Å². The van der Waals surface area contributed by atoms with Crippen molar-refractivity contribution in [2.45, 2.75) is 33.1 Å². The molecule has 1 atom stereocenters. The SMILES string of the molecule is CCOc1c(OC)cc(C=Nn2c([C@H](C)CC)nc3ccc(Br)cc3c2=O)c(Br)c1Br. The average Bonchev–Trinajstić information content (AvgIpc) is 2.77. The van der Waals surface area contributed by atoms with E-state index in [-0.39, 0.29) is 11.5 Å². The molecule has 0 aliphatic heterocycles. The van der Waals surface area contributed by atoms with Gasteiger partial charge in [0, 0.05) is 20.4 Å². The fraction of sp³-hybridized carbons (Fsp3) is 0.318. The maximum atomic E-state index is 13.3. The minimum absolute atomic E-state index is 0.0583. The molecule has 6 nitrogen and oxygen atoms in total. The van der Waals surface area contributed by atoms with Gasteiger partial charge in [0.25, 0.3) is 5.56 Å². The van der Waals surface area contributed by atoms with Crippen LogP contribution in [0.2, 0.25) is 0 Å². The van der Waals surface area contributed by atoms with Crippen LogP contribution in [-0.2, 0) is 0 Å². The van der Waals surface area contributed by atoms with Crippen LogP contribution >= 0.6 is 47.8 Å². The van der Waals surface area contributed by atoms with Gasteiger partial charge >= 0.3 is 0 Å². The Labute approximate surface area is 206 Å². The monoisotopic (exact) mass is 613 g/mol. The van der Waals surface area contributed by atoms with E-state index in [0.29, 0.717) is 39.3 Å². The Morgan fingerprint density at radius 1 is 1.19 bits per heavy atom. The van der Waals surface area contributed by atoms with E-state index in [2.05, 4.69) is 59.8 Å². The van der Waals surface area contributed by atoms with Crippen molar-refractivity contribution in [3.05, 3.63) is 59.4 Å². The van der Waals surface area contributed by atoms with Crippen molar-refractivity contribution in [3.63, 3.8) is 0 Å². The van der Waals surface area contributed by atoms with Crippen LogP contribution in [0.5, 0.6) is 11.5 Å². The lowest BCUT2D eigenvalue weighted by molar-refractivity contribution is 0.308. The number of nitrogens with zero attached hydrogens (tertiary/aromatic N) is 3. The van der Waals surface area contributed by atoms with Crippen LogP contribution in [0.25, 0.3) is 10.9 Å². The molecular weight excluding hydrogens is 594 g/mol. The molecular formula is C22H22Br3N3O3. The number of hydrogen-bond acceptors (Lipinski definition) is 5. The molecule has 9 heteroatoms. The predicted molar refractivity (Wildman–Crippen MR) is 135 cm³/mol. The maximum Gasteiger partial charge on any atom is 0.282 e. The Kier molecular flexibility index (Phi) is 7.93. The van der Waals surface area contributed by atoms with Crippen LogP contribution in [-0.4, -0.2) is 29.6 Å². The van der Waals surface area contributed by atoms with Gasteiger partial charge in [-0.05, 0) is 69.5 Å². The summed E-state index contributed by atoms with van der Waals surface area (Å²) in [6.45, 7) is 6.50. The number of fused-ring (bicyclic) bond motifs is 1. The first-order valence-corrected chi connectivity index (χ1v) is 12.2. The second kappa shape index (κ2) is 10.3. The zero-order valence-corrected chi connectivity index (χ0v) is 22.3. The smallest absolute Gasteiger partial charge is 0.282 e. The molecule has 0 saturated carbocycles. The van der Waals surface area contributed by atoms with Crippen LogP contribution in [0, 0.1) is 0 Å². The second-order valence-corrected chi connectivity index (χ2v) is 9.36. The number of rotatable bonds is 7. The summed E-state index contributed by atoms with van der Waals surface area (Å²) in [6, 6.07) is 7.29. The normalized spacial score (nSPS) is 12.5. The Hall–Kier alpha value is -1.71. The van der Waals surface area contributed by atoms with E-state index in [1.165, 1.54) is 4.68 Å². The average molecular weight is 616 g/mol. The molecule has 1 heterocycles. The van der Waals surface area contributed by atoms with Gasteiger partial charge in [-0.15, -0.1) is 0 Å². The highest BCUT2D eigenvalue weighted by Gasteiger charge is 2.18. The van der Waals surface area contributed by atoms with Crippen LogP contribution in [0.4, 0.5) is 0 Å². The van der Waals surface area contributed by atoms with E-state index in [1.807, 2.05) is 32.0 Å². The summed E-state index contributed by atoms with van der Waals surface area (Å²) in [7, 11) is 1.58. The standard InChI is InChI=1S/C22H22Br3N3O3/c1-5-12(3)21-27-16-8-7-14(23)10-15(16)22(29)28(21)26-11-13-9-17(30-4)20(31-6-2)19(25)18(13)24/h7-12H,5-6H2,1-4H3/t12-/m1/s1. The molecule has 3 rings (SSSR count). The number of hydrogen-bond donors (Lipinski definition) is 0. The summed E-state index contributed by atoms with van der Waals surface area (Å²) < 4.78 is 14.8. The van der Waals surface area contributed by atoms with Crippen molar-refractivity contribution in [2.75, 3.05) is 13.7 Å². The van der Waals surface area contributed by atoms with Crippen molar-refractivity contribution in [3.8, 4) is 11.5 Å². The van der Waals surface area contributed by atoms with Gasteiger partial charge in [0.2, 0.25) is 0 Å². The Bertz CT molecular complexity index is 1210. The molecule has 1 aromatic heterocycles. The summed E-state index contributed by atoms with van der Waals surface area (Å²) in [5.74, 6) is 1.84. The lowest BCUT2D eigenvalue weighted by Gasteiger charge is -2.15. The van der Waals surface area contributed by atoms with Gasteiger partial charge < -0.3 is 9.47 Å². The van der Waals surface area contributed by atoms with E-state index in [0.717, 1.165) is 20.9 Å². The summed E-state index contributed by atoms with van der Waals surface area (Å²) in [4.78, 5) is 18.0. The van der Waals surface area contributed by atoms with Crippen LogP contribution in [0.1, 0.15) is 44.5 Å². The molecule has 3 aromatic rings. The molecule has 0 aliphatic carbocycles. The highest BCUT2D eigenvalue weighted by molar-refractivity contribution is 9.13. The Morgan fingerprint density at radius 3 is 2.58 bits per heavy atom. The lowest BCUT2D eigenvalue weighted by atomic mass is 10.1. The van der Waals surface area contributed by atoms with Crippen LogP contribution in [0.15, 0.2) is 47.6 Å². The third kappa shape index (κ3) is 4.88. The van der Waals surface area contributed by atoms with Gasteiger partial charge in [-0.2, -0.15) is 9.78 Å². The first-order valence-electron chi connectivity index (χ1n) is 9.77. The molecule has 0 bridgehead atoms. The molecule has 2 aromatic carbocycles. The zero-order chi connectivity index (χ0) is 22.7. The Balaban J connectivity index is 2.20. The third-order valence-corrected chi connectivity index (χ3v) is 7.50. The van der Waals surface area contributed by atoms with Gasteiger partial charge in [0.05, 0.1) is 35.3 Å². The van der Waals surface area contributed by atoms with E-state index in [9.17, 15) is 4.79 Å². The molecule has 0 radical (unpaired) electrons. The first kappa shape index (κ1) is 23.9. The molecule has 0 spiro atoms. The van der Waals surface area contributed by atoms with Crippen molar-refractivity contribution in [2.24, 2.45) is 5.10 Å². The van der Waals surface area contributed by atoms with Gasteiger partial charge in [-0.1, -0.05) is 29.8 Å². The summed E-state index contributed by atoms with van der Waals surface area (Å²) in [5.41, 5.74) is 1.16. The molecule has 0 amide bonds. The van der Waals surface area contributed by atoms with E-state index in [4.69, 9.17) is 14.5 Å². The number of ether oxygens (including phenoxy) is 2. The fourth-order valence-corrected chi connectivity index (χ4v) is 4.32. The van der Waals surface area contributed by atoms with Gasteiger partial charge in [0.1, 0.15) is 5.82 Å². The van der Waals surface area contributed by atoms with Crippen molar-refractivity contribution < 1.29 is 9.47 Å². The van der Waals surface area contributed by atoms with E-state index < -0.39 is 0 Å². The summed E-state index contributed by atoms with van der Waals surface area (Å²) in [5, 5.41) is 5.03. The van der Waals surface area contributed by atoms with Crippen LogP contribution in [0.3, 0.4) is 0 Å². The maximum absolute atomic E-state index is 13.3. The number of methoxy groups -OCH3 is 1. The molecule has 31 heavy (non-hydrogen) atoms. The van der Waals surface area contributed by atoms with Crippen molar-refractivity contribution >= 4 is 64.9 Å². The quantitative estimate of drug-likeness (QED) is 0.285. The van der Waals surface area contributed by atoms with Gasteiger partial charge in [-0.25, -0.2) is 4.98 Å². The zero-order valence-electron chi connectivity index (χ0n) is 17.6. The highest BCUT2D eigenvalue weighted by Crippen LogP contribution is 2.42. The molecule has 0 saturated heterocycles. The molecule has 164 valence electrons. The number of halogens is 3. The molecule has 0 fully saturated rings. The van der Waals surface area contributed by atoms with E-state index >= 15 is 0 Å². The summed E-state index contributed by atoms with van der Waals surface area (Å²) >= 11 is 10.6. The topological polar surface area (TPSA) is 65.7 Å². The fourth-order valence-electron chi connectivity index (χ4n) is 3.03. The predicted octanol–water partition coefficient (Wildman–Crippen LogP) is 6.49. The van der Waals surface area contributed by atoms with Crippen molar-refractivity contribution in [1.29, 1.82) is 0 Å². The van der Waals surface area contributed by atoms with Crippen LogP contribution < -0.4 is 15.0 Å². The number of benzene rings is 2. The second-order valence-electron chi connectivity index (χ2n) is 6.86. The van der Waals surface area contributed by atoms with Gasteiger partial charge in [-0.3, -0.25) is 4.79 Å². The summed E-state index contributed by atoms with van der Waals surface area (Å²) in [6.07, 6.45) is 2.45. The van der Waals surface area contributed by atoms with Gasteiger partial charge in [0.15, 0.2) is 11.5 Å². The first-order chi connectivity index (χ1) is 14.8. The minimum Gasteiger partial charge on any atom is -0.493 e. The third-order valence-electron chi connectivity index (χ3n) is 4.86. The molecule has 0 aliphatic rings. The number of aromatic nitrogens is 2. The lowest BCUT2D eigenvalue weighted by Crippen LogP contribution is -2.23. The Morgan fingerprint density at radius 2 is 1.94 bits per heavy atom. The molecule has 0 N–H and O–H groups in total. The largest absolute Gasteiger partial charge is 0.493 e. The minimum atomic E-state index is -0.217. The van der Waals surface area contributed by atoms with E-state index in [1.54, 1.807) is 19.4 Å².